The molecule has 38 heavy (non-hydrogen) atoms. The Labute approximate surface area is 224 Å². The first-order valence-corrected chi connectivity index (χ1v) is 13.0. The monoisotopic (exact) mass is 510 g/mol. The Kier molecular flexibility index (Phi) is 7.73. The minimum absolute atomic E-state index is 0.290. The molecule has 4 aromatic rings. The highest BCUT2D eigenvalue weighted by Gasteiger charge is 2.25. The molecule has 0 amide bonds. The van der Waals surface area contributed by atoms with Crippen LogP contribution >= 0.6 is 0 Å². The molecule has 7 heteroatoms. The summed E-state index contributed by atoms with van der Waals surface area (Å²) in [4.78, 5) is 16.3. The molecule has 0 aliphatic carbocycles. The molecule has 5 rings (SSSR count). The number of nitrogens with zero attached hydrogens (tertiary/aromatic N) is 4. The maximum Gasteiger partial charge on any atom is 0.155 e. The summed E-state index contributed by atoms with van der Waals surface area (Å²) in [6, 6.07) is 16.9. The van der Waals surface area contributed by atoms with E-state index in [9.17, 15) is 0 Å². The minimum Gasteiger partial charge on any atom is -0.495 e. The second kappa shape index (κ2) is 11.5. The largest absolute Gasteiger partial charge is 0.495 e. The van der Waals surface area contributed by atoms with Gasteiger partial charge in [-0.2, -0.15) is 0 Å². The summed E-state index contributed by atoms with van der Waals surface area (Å²) in [6.07, 6.45) is 7.55. The van der Waals surface area contributed by atoms with Gasteiger partial charge in [0.1, 0.15) is 29.5 Å². The summed E-state index contributed by atoms with van der Waals surface area (Å²) in [7, 11) is 3.25. The molecule has 0 N–H and O–H groups in total. The quantitative estimate of drug-likeness (QED) is 0.282. The molecular weight excluding hydrogens is 476 g/mol. The Hall–Kier alpha value is -4.13. The molecule has 0 saturated carbocycles. The zero-order valence-electron chi connectivity index (χ0n) is 22.5. The summed E-state index contributed by atoms with van der Waals surface area (Å²) in [5, 5.41) is 0. The highest BCUT2D eigenvalue weighted by molar-refractivity contribution is 5.72. The Morgan fingerprint density at radius 1 is 0.947 bits per heavy atom. The van der Waals surface area contributed by atoms with Crippen LogP contribution in [0.1, 0.15) is 41.1 Å². The lowest BCUT2D eigenvalue weighted by Gasteiger charge is -2.34. The number of piperidine rings is 1. The van der Waals surface area contributed by atoms with Gasteiger partial charge in [-0.25, -0.2) is 9.97 Å². The van der Waals surface area contributed by atoms with Gasteiger partial charge in [-0.05, 0) is 56.5 Å². The van der Waals surface area contributed by atoms with Crippen molar-refractivity contribution in [1.82, 2.24) is 15.0 Å². The van der Waals surface area contributed by atoms with Gasteiger partial charge < -0.3 is 19.1 Å². The van der Waals surface area contributed by atoms with Crippen molar-refractivity contribution in [2.45, 2.75) is 39.2 Å². The molecule has 2 aromatic carbocycles. The zero-order chi connectivity index (χ0) is 26.5. The van der Waals surface area contributed by atoms with E-state index >= 15 is 0 Å². The number of hydrogen-bond acceptors (Lipinski definition) is 7. The molecule has 2 aromatic heterocycles. The number of methoxy groups -OCH3 is 2. The second-order valence-corrected chi connectivity index (χ2v) is 9.67. The van der Waals surface area contributed by atoms with Crippen LogP contribution in [0.25, 0.3) is 11.3 Å². The van der Waals surface area contributed by atoms with E-state index in [1.54, 1.807) is 32.8 Å². The Balaban J connectivity index is 1.32. The first-order chi connectivity index (χ1) is 18.6. The highest BCUT2D eigenvalue weighted by atomic mass is 16.5. The number of ether oxygens (including phenoxy) is 3. The normalized spacial score (nSPS) is 15.3. The molecule has 7 nitrogen and oxygen atoms in total. The fourth-order valence-corrected chi connectivity index (χ4v) is 5.19. The number of hydrogen-bond donors (Lipinski definition) is 0. The van der Waals surface area contributed by atoms with Gasteiger partial charge in [0.15, 0.2) is 11.6 Å². The number of benzene rings is 2. The zero-order valence-corrected chi connectivity index (χ0v) is 22.5. The number of pyridine rings is 1. The van der Waals surface area contributed by atoms with Crippen molar-refractivity contribution in [3.63, 3.8) is 0 Å². The molecule has 0 radical (unpaired) electrons. The molecule has 196 valence electrons. The Bertz CT molecular complexity index is 1390. The van der Waals surface area contributed by atoms with Gasteiger partial charge >= 0.3 is 0 Å². The van der Waals surface area contributed by atoms with Crippen LogP contribution in [0.3, 0.4) is 0 Å². The highest BCUT2D eigenvalue weighted by Crippen LogP contribution is 2.35. The van der Waals surface area contributed by atoms with Crippen molar-refractivity contribution in [3.8, 4) is 28.5 Å². The van der Waals surface area contributed by atoms with Gasteiger partial charge in [0.25, 0.3) is 0 Å². The third-order valence-corrected chi connectivity index (χ3v) is 7.15. The van der Waals surface area contributed by atoms with E-state index in [2.05, 4.69) is 41.1 Å². The number of aryl methyl sites for hydroxylation is 1. The van der Waals surface area contributed by atoms with Crippen molar-refractivity contribution in [2.24, 2.45) is 0 Å². The predicted octanol–water partition coefficient (Wildman–Crippen LogP) is 6.14. The van der Waals surface area contributed by atoms with Gasteiger partial charge in [0, 0.05) is 42.5 Å². The fourth-order valence-electron chi connectivity index (χ4n) is 5.19. The summed E-state index contributed by atoms with van der Waals surface area (Å²) in [6.45, 7) is 6.31. The van der Waals surface area contributed by atoms with Crippen molar-refractivity contribution in [1.29, 1.82) is 0 Å². The second-order valence-electron chi connectivity index (χ2n) is 9.67. The van der Waals surface area contributed by atoms with E-state index in [1.165, 1.54) is 17.5 Å². The van der Waals surface area contributed by atoms with E-state index in [-0.39, 0.29) is 6.61 Å². The van der Waals surface area contributed by atoms with Crippen LogP contribution in [0.5, 0.6) is 17.2 Å². The van der Waals surface area contributed by atoms with Crippen LogP contribution < -0.4 is 19.1 Å². The van der Waals surface area contributed by atoms with Crippen molar-refractivity contribution >= 4 is 5.82 Å². The first kappa shape index (κ1) is 25.5. The summed E-state index contributed by atoms with van der Waals surface area (Å²) in [5.41, 5.74) is 6.22. The number of aromatic nitrogens is 3. The third kappa shape index (κ3) is 5.42. The van der Waals surface area contributed by atoms with Gasteiger partial charge in [0.2, 0.25) is 0 Å². The lowest BCUT2D eigenvalue weighted by atomic mass is 9.89. The Morgan fingerprint density at radius 3 is 2.53 bits per heavy atom. The van der Waals surface area contributed by atoms with Crippen LogP contribution in [-0.4, -0.2) is 42.3 Å². The topological polar surface area (TPSA) is 69.6 Å². The van der Waals surface area contributed by atoms with E-state index in [0.29, 0.717) is 17.4 Å². The molecule has 1 aliphatic heterocycles. The predicted molar refractivity (Wildman–Crippen MR) is 149 cm³/mol. The Morgan fingerprint density at radius 2 is 1.76 bits per heavy atom. The average Bonchev–Trinajstić information content (AvgIpc) is 2.96. The van der Waals surface area contributed by atoms with Crippen LogP contribution in [0.15, 0.2) is 67.1 Å². The van der Waals surface area contributed by atoms with Crippen LogP contribution in [0.2, 0.25) is 0 Å². The molecule has 1 unspecified atom stereocenters. The average molecular weight is 511 g/mol. The molecule has 1 saturated heterocycles. The SMILES string of the molecule is COc1cnc(COc2ccc(-c3nccnc3N3CCCC(c4cccc(C)c4)C3)cc2)c(OC)c1C. The van der Waals surface area contributed by atoms with Crippen LogP contribution in [-0.2, 0) is 6.61 Å². The lowest BCUT2D eigenvalue weighted by Crippen LogP contribution is -2.35. The molecule has 1 fully saturated rings. The summed E-state index contributed by atoms with van der Waals surface area (Å²) < 4.78 is 16.9. The van der Waals surface area contributed by atoms with E-state index in [4.69, 9.17) is 24.2 Å². The van der Waals surface area contributed by atoms with Gasteiger partial charge in [0.05, 0.1) is 20.4 Å². The number of rotatable bonds is 8. The van der Waals surface area contributed by atoms with Crippen LogP contribution in [0, 0.1) is 13.8 Å². The summed E-state index contributed by atoms with van der Waals surface area (Å²) >= 11 is 0. The van der Waals surface area contributed by atoms with Gasteiger partial charge in [-0.1, -0.05) is 29.8 Å². The summed E-state index contributed by atoms with van der Waals surface area (Å²) in [5.74, 6) is 3.53. The van der Waals surface area contributed by atoms with Gasteiger partial charge in [-0.15, -0.1) is 0 Å². The van der Waals surface area contributed by atoms with Crippen molar-refractivity contribution in [2.75, 3.05) is 32.2 Å². The van der Waals surface area contributed by atoms with E-state index < -0.39 is 0 Å². The van der Waals surface area contributed by atoms with Gasteiger partial charge in [-0.3, -0.25) is 4.98 Å². The standard InChI is InChI=1S/C31H34N4O3/c1-21-7-5-8-24(17-21)25-9-6-16-35(19-25)31-29(32-14-15-33-31)23-10-12-26(13-11-23)38-20-27-30(37-4)22(2)28(36-3)18-34-27/h5,7-8,10-15,17-18,25H,6,9,16,19-20H2,1-4H3. The lowest BCUT2D eigenvalue weighted by molar-refractivity contribution is 0.289. The molecular formula is C31H34N4O3. The van der Waals surface area contributed by atoms with Crippen molar-refractivity contribution in [3.05, 3.63) is 89.5 Å². The van der Waals surface area contributed by atoms with Crippen LogP contribution in [0.4, 0.5) is 5.82 Å². The first-order valence-electron chi connectivity index (χ1n) is 13.0. The molecule has 1 atom stereocenters. The maximum absolute atomic E-state index is 6.04. The van der Waals surface area contributed by atoms with E-state index in [1.807, 2.05) is 31.2 Å². The smallest absolute Gasteiger partial charge is 0.155 e. The molecule has 0 spiro atoms. The number of anilines is 1. The molecule has 1 aliphatic rings. The maximum atomic E-state index is 6.04. The van der Waals surface area contributed by atoms with E-state index in [0.717, 1.165) is 53.6 Å². The van der Waals surface area contributed by atoms with Crippen molar-refractivity contribution < 1.29 is 14.2 Å². The third-order valence-electron chi connectivity index (χ3n) is 7.15. The molecule has 0 bridgehead atoms. The minimum atomic E-state index is 0.290. The molecule has 3 heterocycles. The fraction of sp³-hybridized carbons (Fsp3) is 0.323.